The summed E-state index contributed by atoms with van der Waals surface area (Å²) in [6.07, 6.45) is 3.13. The van der Waals surface area contributed by atoms with Gasteiger partial charge < -0.3 is 10.1 Å². The molecule has 1 aliphatic rings. The Morgan fingerprint density at radius 2 is 1.86 bits per heavy atom. The summed E-state index contributed by atoms with van der Waals surface area (Å²) in [6.45, 7) is 0. The number of H-pyrrole nitrogens is 1. The molecule has 0 amide bonds. The maximum Gasteiger partial charge on any atom is 0.354 e. The molecule has 0 radical (unpaired) electrons. The molecule has 2 aromatic heterocycles. The molecule has 4 nitrogen and oxygen atoms in total. The van der Waals surface area contributed by atoms with Gasteiger partial charge in [-0.05, 0) is 53.6 Å². The molecule has 4 heteroatoms. The number of aromatic carboxylic acids is 1. The van der Waals surface area contributed by atoms with Crippen LogP contribution in [0.3, 0.4) is 0 Å². The lowest BCUT2D eigenvalue weighted by Gasteiger charge is -2.06. The van der Waals surface area contributed by atoms with E-state index in [0.717, 1.165) is 28.0 Å². The van der Waals surface area contributed by atoms with Gasteiger partial charge >= 0.3 is 5.97 Å². The lowest BCUT2D eigenvalue weighted by Crippen LogP contribution is -2.03. The molecule has 4 aromatic rings. The summed E-state index contributed by atoms with van der Waals surface area (Å²) in [4.78, 5) is 19.2. The third-order valence-electron chi connectivity index (χ3n) is 5.43. The number of aromatic amines is 1. The van der Waals surface area contributed by atoms with Crippen molar-refractivity contribution in [3.8, 4) is 11.3 Å². The molecule has 1 saturated carbocycles. The van der Waals surface area contributed by atoms with Crippen molar-refractivity contribution in [1.29, 1.82) is 0 Å². The number of pyridine rings is 1. The van der Waals surface area contributed by atoms with Gasteiger partial charge in [-0.2, -0.15) is 0 Å². The Bertz CT molecular complexity index is 1170. The van der Waals surface area contributed by atoms with E-state index < -0.39 is 5.97 Å². The Balaban J connectivity index is 1.65. The molecule has 0 unspecified atom stereocenters. The minimum absolute atomic E-state index is 0.0784. The predicted molar refractivity (Wildman–Crippen MR) is 110 cm³/mol. The fourth-order valence-electron chi connectivity index (χ4n) is 3.86. The molecule has 138 valence electrons. The maximum absolute atomic E-state index is 11.3. The Morgan fingerprint density at radius 3 is 2.61 bits per heavy atom. The van der Waals surface area contributed by atoms with E-state index in [1.807, 2.05) is 24.3 Å². The summed E-state index contributed by atoms with van der Waals surface area (Å²) in [7, 11) is 0. The summed E-state index contributed by atoms with van der Waals surface area (Å²) in [5, 5.41) is 10.4. The second kappa shape index (κ2) is 6.64. The van der Waals surface area contributed by atoms with Crippen molar-refractivity contribution in [2.45, 2.75) is 25.2 Å². The Kier molecular flexibility index (Phi) is 3.97. The van der Waals surface area contributed by atoms with E-state index in [1.165, 1.54) is 29.9 Å². The minimum Gasteiger partial charge on any atom is -0.477 e. The first-order valence-corrected chi connectivity index (χ1v) is 9.58. The number of hydrogen-bond donors (Lipinski definition) is 2. The molecule has 0 aliphatic heterocycles. The Labute approximate surface area is 162 Å². The number of hydrogen-bond acceptors (Lipinski definition) is 2. The molecule has 2 heterocycles. The smallest absolute Gasteiger partial charge is 0.354 e. The molecule has 2 N–H and O–H groups in total. The van der Waals surface area contributed by atoms with Crippen LogP contribution in [0.5, 0.6) is 0 Å². The normalized spacial score (nSPS) is 13.7. The summed E-state index contributed by atoms with van der Waals surface area (Å²) in [5.41, 5.74) is 6.71. The highest BCUT2D eigenvalue weighted by Crippen LogP contribution is 2.42. The molecule has 28 heavy (non-hydrogen) atoms. The molecule has 1 fully saturated rings. The number of nitrogens with one attached hydrogen (secondary N) is 1. The molecular formula is C24H20N2O2. The zero-order valence-corrected chi connectivity index (χ0v) is 15.4. The molecule has 2 aromatic carbocycles. The lowest BCUT2D eigenvalue weighted by atomic mass is 9.99. The van der Waals surface area contributed by atoms with Gasteiger partial charge in [0.2, 0.25) is 0 Å². The second-order valence-corrected chi connectivity index (χ2v) is 7.42. The average Bonchev–Trinajstić information content (AvgIpc) is 3.52. The second-order valence-electron chi connectivity index (χ2n) is 7.42. The van der Waals surface area contributed by atoms with Crippen LogP contribution in [-0.2, 0) is 6.42 Å². The number of carbonyl (C=O) groups is 1. The summed E-state index contributed by atoms with van der Waals surface area (Å²) in [5.74, 6) is -0.302. The van der Waals surface area contributed by atoms with Gasteiger partial charge in [0.05, 0.1) is 5.69 Å². The predicted octanol–water partition coefficient (Wildman–Crippen LogP) is 5.40. The monoisotopic (exact) mass is 368 g/mol. The molecular weight excluding hydrogens is 348 g/mol. The van der Waals surface area contributed by atoms with E-state index in [9.17, 15) is 9.90 Å². The molecule has 0 atom stereocenters. The third-order valence-corrected chi connectivity index (χ3v) is 5.43. The number of nitrogens with zero attached hydrogens (tertiary/aromatic N) is 1. The number of carboxylic acid groups (broad SMARTS) is 1. The first kappa shape index (κ1) is 16.8. The van der Waals surface area contributed by atoms with E-state index >= 15 is 0 Å². The Morgan fingerprint density at radius 1 is 1.04 bits per heavy atom. The van der Waals surface area contributed by atoms with Gasteiger partial charge in [-0.3, -0.25) is 0 Å². The van der Waals surface area contributed by atoms with Crippen LogP contribution >= 0.6 is 0 Å². The van der Waals surface area contributed by atoms with Crippen LogP contribution in [0, 0.1) is 0 Å². The third kappa shape index (κ3) is 3.07. The minimum atomic E-state index is -1.00. The van der Waals surface area contributed by atoms with Gasteiger partial charge in [-0.25, -0.2) is 9.78 Å². The van der Waals surface area contributed by atoms with Crippen molar-refractivity contribution < 1.29 is 9.90 Å². The highest BCUT2D eigenvalue weighted by Gasteiger charge is 2.24. The van der Waals surface area contributed by atoms with Crippen LogP contribution in [0.15, 0.2) is 66.7 Å². The number of fused-ring (bicyclic) bond motifs is 1. The van der Waals surface area contributed by atoms with Gasteiger partial charge in [0.15, 0.2) is 0 Å². The van der Waals surface area contributed by atoms with Crippen LogP contribution < -0.4 is 0 Å². The van der Waals surface area contributed by atoms with Gasteiger partial charge in [-0.15, -0.1) is 0 Å². The SMILES string of the molecule is O=C(O)c1cccc(Cc2c(-c3ccccc3)[nH]c3cc(C4CC4)ccc23)n1. The van der Waals surface area contributed by atoms with E-state index in [-0.39, 0.29) is 5.69 Å². The van der Waals surface area contributed by atoms with Crippen LogP contribution in [0.1, 0.15) is 46.1 Å². The first-order chi connectivity index (χ1) is 13.7. The quantitative estimate of drug-likeness (QED) is 0.496. The number of benzene rings is 2. The molecule has 0 saturated heterocycles. The number of carboxylic acids is 1. The van der Waals surface area contributed by atoms with Gasteiger partial charge in [0, 0.05) is 23.0 Å². The van der Waals surface area contributed by atoms with Crippen molar-refractivity contribution in [1.82, 2.24) is 9.97 Å². The lowest BCUT2D eigenvalue weighted by molar-refractivity contribution is 0.0690. The fraction of sp³-hybridized carbons (Fsp3) is 0.167. The van der Waals surface area contributed by atoms with Crippen molar-refractivity contribution in [2.24, 2.45) is 0 Å². The molecule has 0 spiro atoms. The standard InChI is InChI=1S/C24H20N2O2/c27-24(28)21-8-4-7-18(25-21)14-20-19-12-11-17(15-9-10-15)13-22(19)26-23(20)16-5-2-1-3-6-16/h1-8,11-13,15,26H,9-10,14H2,(H,27,28). The largest absolute Gasteiger partial charge is 0.477 e. The highest BCUT2D eigenvalue weighted by atomic mass is 16.4. The molecule has 0 bridgehead atoms. The number of rotatable bonds is 5. The Hall–Kier alpha value is -3.40. The number of aromatic nitrogens is 2. The molecule has 5 rings (SSSR count). The zero-order valence-electron chi connectivity index (χ0n) is 15.4. The van der Waals surface area contributed by atoms with E-state index in [2.05, 4.69) is 40.3 Å². The van der Waals surface area contributed by atoms with Crippen LogP contribution in [0.25, 0.3) is 22.2 Å². The van der Waals surface area contributed by atoms with Gasteiger partial charge in [0.1, 0.15) is 5.69 Å². The van der Waals surface area contributed by atoms with Crippen molar-refractivity contribution in [2.75, 3.05) is 0 Å². The van der Waals surface area contributed by atoms with E-state index in [0.29, 0.717) is 12.3 Å². The zero-order chi connectivity index (χ0) is 19.1. The summed E-state index contributed by atoms with van der Waals surface area (Å²) < 4.78 is 0. The van der Waals surface area contributed by atoms with E-state index in [1.54, 1.807) is 6.07 Å². The van der Waals surface area contributed by atoms with Gasteiger partial charge in [0.25, 0.3) is 0 Å². The van der Waals surface area contributed by atoms with Crippen molar-refractivity contribution >= 4 is 16.9 Å². The summed E-state index contributed by atoms with van der Waals surface area (Å²) in [6, 6.07) is 22.1. The van der Waals surface area contributed by atoms with E-state index in [4.69, 9.17) is 0 Å². The highest BCUT2D eigenvalue weighted by molar-refractivity contribution is 5.92. The fourth-order valence-corrected chi connectivity index (χ4v) is 3.86. The molecule has 1 aliphatic carbocycles. The summed E-state index contributed by atoms with van der Waals surface area (Å²) >= 11 is 0. The van der Waals surface area contributed by atoms with Crippen molar-refractivity contribution in [3.63, 3.8) is 0 Å². The first-order valence-electron chi connectivity index (χ1n) is 9.58. The topological polar surface area (TPSA) is 66.0 Å². The maximum atomic E-state index is 11.3. The van der Waals surface area contributed by atoms with Gasteiger partial charge in [-0.1, -0.05) is 48.5 Å². The van der Waals surface area contributed by atoms with Crippen LogP contribution in [-0.4, -0.2) is 21.0 Å². The average molecular weight is 368 g/mol. The van der Waals surface area contributed by atoms with Crippen LogP contribution in [0.2, 0.25) is 0 Å². The van der Waals surface area contributed by atoms with Crippen molar-refractivity contribution in [3.05, 3.63) is 89.2 Å². The van der Waals surface area contributed by atoms with Crippen LogP contribution in [0.4, 0.5) is 0 Å².